The molecule has 2 aromatic rings. The summed E-state index contributed by atoms with van der Waals surface area (Å²) in [6.45, 7) is 7.66. The van der Waals surface area contributed by atoms with Gasteiger partial charge in [-0.2, -0.15) is 0 Å². The molecular formula is C21H25NO5. The Bertz CT molecular complexity index is 933. The predicted molar refractivity (Wildman–Crippen MR) is 101 cm³/mol. The van der Waals surface area contributed by atoms with Gasteiger partial charge in [0.15, 0.2) is 6.10 Å². The second-order valence-corrected chi connectivity index (χ2v) is 7.66. The molecule has 4 rings (SSSR count). The SMILES string of the molecule is Cc1c(C)c2ccc(OC(C)C(=O)N3CCC4(CCO4)CC3)cc2oc1=O. The molecule has 3 heterocycles. The maximum absolute atomic E-state index is 12.7. The van der Waals surface area contributed by atoms with E-state index < -0.39 is 6.10 Å². The van der Waals surface area contributed by atoms with Gasteiger partial charge in [0.05, 0.1) is 12.2 Å². The van der Waals surface area contributed by atoms with Crippen molar-refractivity contribution in [2.24, 2.45) is 0 Å². The van der Waals surface area contributed by atoms with Crippen LogP contribution in [-0.2, 0) is 9.53 Å². The van der Waals surface area contributed by atoms with Crippen LogP contribution < -0.4 is 10.4 Å². The van der Waals surface area contributed by atoms with Gasteiger partial charge < -0.3 is 18.8 Å². The van der Waals surface area contributed by atoms with Crippen LogP contribution in [0.15, 0.2) is 27.4 Å². The van der Waals surface area contributed by atoms with E-state index >= 15 is 0 Å². The lowest BCUT2D eigenvalue weighted by atomic mass is 9.84. The van der Waals surface area contributed by atoms with Crippen molar-refractivity contribution in [3.63, 3.8) is 0 Å². The molecule has 6 heteroatoms. The minimum atomic E-state index is -0.600. The van der Waals surface area contributed by atoms with Gasteiger partial charge in [-0.15, -0.1) is 0 Å². The molecule has 1 atom stereocenters. The number of piperidine rings is 1. The van der Waals surface area contributed by atoms with Gasteiger partial charge in [-0.3, -0.25) is 4.79 Å². The fraction of sp³-hybridized carbons (Fsp3) is 0.524. The Morgan fingerprint density at radius 2 is 1.89 bits per heavy atom. The molecule has 0 bridgehead atoms. The van der Waals surface area contributed by atoms with E-state index in [2.05, 4.69) is 0 Å². The lowest BCUT2D eigenvalue weighted by Gasteiger charge is -2.47. The number of hydrogen-bond acceptors (Lipinski definition) is 5. The Balaban J connectivity index is 1.46. The van der Waals surface area contributed by atoms with Crippen LogP contribution in [0.1, 0.15) is 37.3 Å². The van der Waals surface area contributed by atoms with Crippen molar-refractivity contribution in [2.75, 3.05) is 19.7 Å². The number of amides is 1. The van der Waals surface area contributed by atoms with Crippen LogP contribution in [0.5, 0.6) is 5.75 Å². The van der Waals surface area contributed by atoms with E-state index in [9.17, 15) is 9.59 Å². The van der Waals surface area contributed by atoms with E-state index in [0.717, 1.165) is 36.8 Å². The number of hydrogen-bond donors (Lipinski definition) is 0. The molecule has 2 saturated heterocycles. The summed E-state index contributed by atoms with van der Waals surface area (Å²) in [6.07, 6.45) is 2.29. The first-order valence-electron chi connectivity index (χ1n) is 9.52. The number of ether oxygens (including phenoxy) is 2. The molecule has 1 amide bonds. The van der Waals surface area contributed by atoms with Gasteiger partial charge in [-0.1, -0.05) is 0 Å². The monoisotopic (exact) mass is 371 g/mol. The highest BCUT2D eigenvalue weighted by Gasteiger charge is 2.42. The van der Waals surface area contributed by atoms with Crippen LogP contribution in [0, 0.1) is 13.8 Å². The summed E-state index contributed by atoms with van der Waals surface area (Å²) in [5.41, 5.74) is 1.66. The van der Waals surface area contributed by atoms with Crippen molar-refractivity contribution in [3.05, 3.63) is 39.7 Å². The standard InChI is InChI=1S/C21H25NO5/c1-13-14(2)20(24)27-18-12-16(4-5-17(13)18)26-15(3)19(23)22-9-6-21(7-10-22)8-11-25-21/h4-5,12,15H,6-11H2,1-3H3. The fourth-order valence-electron chi connectivity index (χ4n) is 3.93. The zero-order chi connectivity index (χ0) is 19.2. The van der Waals surface area contributed by atoms with Crippen molar-refractivity contribution in [1.29, 1.82) is 0 Å². The van der Waals surface area contributed by atoms with E-state index in [1.165, 1.54) is 0 Å². The average Bonchev–Trinajstić information content (AvgIpc) is 2.64. The number of carbonyl (C=O) groups excluding carboxylic acids is 1. The second-order valence-electron chi connectivity index (χ2n) is 7.66. The van der Waals surface area contributed by atoms with Gasteiger partial charge in [0.2, 0.25) is 0 Å². The summed E-state index contributed by atoms with van der Waals surface area (Å²) < 4.78 is 16.9. The highest BCUT2D eigenvalue weighted by Crippen LogP contribution is 2.36. The molecule has 1 aromatic carbocycles. The molecule has 1 spiro atoms. The number of likely N-dealkylation sites (tertiary alicyclic amines) is 1. The highest BCUT2D eigenvalue weighted by molar-refractivity contribution is 5.83. The highest BCUT2D eigenvalue weighted by atomic mass is 16.5. The minimum Gasteiger partial charge on any atom is -0.481 e. The second kappa shape index (κ2) is 6.68. The number of aryl methyl sites for hydroxylation is 1. The molecule has 2 aliphatic rings. The zero-order valence-corrected chi connectivity index (χ0v) is 16.0. The third-order valence-corrected chi connectivity index (χ3v) is 6.04. The van der Waals surface area contributed by atoms with Crippen molar-refractivity contribution < 1.29 is 18.7 Å². The molecular weight excluding hydrogens is 346 g/mol. The van der Waals surface area contributed by atoms with E-state index in [4.69, 9.17) is 13.9 Å². The van der Waals surface area contributed by atoms with Crippen LogP contribution >= 0.6 is 0 Å². The molecule has 1 unspecified atom stereocenters. The topological polar surface area (TPSA) is 69.0 Å². The van der Waals surface area contributed by atoms with Gasteiger partial charge in [-0.25, -0.2) is 4.79 Å². The zero-order valence-electron chi connectivity index (χ0n) is 16.0. The van der Waals surface area contributed by atoms with E-state index in [-0.39, 0.29) is 17.1 Å². The van der Waals surface area contributed by atoms with Crippen LogP contribution in [0.2, 0.25) is 0 Å². The average molecular weight is 371 g/mol. The first-order valence-corrected chi connectivity index (χ1v) is 9.52. The van der Waals surface area contributed by atoms with Crippen molar-refractivity contribution in [3.8, 4) is 5.75 Å². The third kappa shape index (κ3) is 3.23. The van der Waals surface area contributed by atoms with E-state index in [1.807, 2.05) is 24.0 Å². The quantitative estimate of drug-likeness (QED) is 0.776. The Hall–Kier alpha value is -2.34. The summed E-state index contributed by atoms with van der Waals surface area (Å²) in [4.78, 5) is 26.5. The van der Waals surface area contributed by atoms with E-state index in [1.54, 1.807) is 19.9 Å². The molecule has 6 nitrogen and oxygen atoms in total. The van der Waals surface area contributed by atoms with Gasteiger partial charge in [0.25, 0.3) is 5.91 Å². The van der Waals surface area contributed by atoms with Crippen LogP contribution in [0.25, 0.3) is 11.0 Å². The molecule has 0 radical (unpaired) electrons. The Kier molecular flexibility index (Phi) is 4.46. The molecule has 2 fully saturated rings. The number of fused-ring (bicyclic) bond motifs is 1. The van der Waals surface area contributed by atoms with Crippen molar-refractivity contribution in [1.82, 2.24) is 4.90 Å². The predicted octanol–water partition coefficient (Wildman–Crippen LogP) is 2.96. The first-order chi connectivity index (χ1) is 12.9. The number of carbonyl (C=O) groups is 1. The molecule has 0 N–H and O–H groups in total. The van der Waals surface area contributed by atoms with E-state index in [0.29, 0.717) is 30.0 Å². The van der Waals surface area contributed by atoms with Gasteiger partial charge >= 0.3 is 5.63 Å². The molecule has 144 valence electrons. The molecule has 27 heavy (non-hydrogen) atoms. The van der Waals surface area contributed by atoms with Crippen molar-refractivity contribution in [2.45, 2.75) is 51.7 Å². The summed E-state index contributed by atoms with van der Waals surface area (Å²) >= 11 is 0. The summed E-state index contributed by atoms with van der Waals surface area (Å²) in [7, 11) is 0. The minimum absolute atomic E-state index is 0.0206. The Morgan fingerprint density at radius 3 is 2.52 bits per heavy atom. The van der Waals surface area contributed by atoms with Crippen LogP contribution in [0.3, 0.4) is 0 Å². The largest absolute Gasteiger partial charge is 0.481 e. The van der Waals surface area contributed by atoms with Gasteiger partial charge in [0.1, 0.15) is 11.3 Å². The number of benzene rings is 1. The third-order valence-electron chi connectivity index (χ3n) is 6.04. The lowest BCUT2D eigenvalue weighted by molar-refractivity contribution is -0.178. The smallest absolute Gasteiger partial charge is 0.339 e. The summed E-state index contributed by atoms with van der Waals surface area (Å²) in [5, 5.41) is 0.875. The van der Waals surface area contributed by atoms with Gasteiger partial charge in [0, 0.05) is 30.1 Å². The fourth-order valence-corrected chi connectivity index (χ4v) is 3.93. The molecule has 0 aliphatic carbocycles. The maximum Gasteiger partial charge on any atom is 0.339 e. The summed E-state index contributed by atoms with van der Waals surface area (Å²) in [6, 6.07) is 5.36. The number of nitrogens with zero attached hydrogens (tertiary/aromatic N) is 1. The Morgan fingerprint density at radius 1 is 1.19 bits per heavy atom. The maximum atomic E-state index is 12.7. The first kappa shape index (κ1) is 18.0. The molecule has 0 saturated carbocycles. The summed E-state index contributed by atoms with van der Waals surface area (Å²) in [5.74, 6) is 0.497. The lowest BCUT2D eigenvalue weighted by Crippen LogP contribution is -2.55. The normalized spacial score (nSPS) is 19.7. The molecule has 2 aliphatic heterocycles. The van der Waals surface area contributed by atoms with Gasteiger partial charge in [-0.05, 0) is 57.7 Å². The molecule has 1 aromatic heterocycles. The van der Waals surface area contributed by atoms with Crippen LogP contribution in [0.4, 0.5) is 0 Å². The van der Waals surface area contributed by atoms with Crippen LogP contribution in [-0.4, -0.2) is 42.2 Å². The number of rotatable bonds is 3. The van der Waals surface area contributed by atoms with Crippen molar-refractivity contribution >= 4 is 16.9 Å². The Labute approximate surface area is 158 Å².